The van der Waals surface area contributed by atoms with Crippen LogP contribution in [0, 0.1) is 0 Å². The fourth-order valence-electron chi connectivity index (χ4n) is 2.04. The Morgan fingerprint density at radius 2 is 1.68 bits per heavy atom. The van der Waals surface area contributed by atoms with E-state index in [1.807, 2.05) is 27.7 Å². The summed E-state index contributed by atoms with van der Waals surface area (Å²) in [5, 5.41) is 0. The standard InChI is InChI=1S/C15H26N2O3S.ClH/c1-5-15(6-2,11-16)17-21(18,19)14-9-7-13(8-10-14)20-12(3)4;/h7-10,12,17H,5-6,11,16H2,1-4H3;1H. The smallest absolute Gasteiger partial charge is 0.241 e. The molecule has 0 saturated heterocycles. The molecule has 3 N–H and O–H groups in total. The zero-order valence-corrected chi connectivity index (χ0v) is 15.3. The van der Waals surface area contributed by atoms with E-state index in [1.165, 1.54) is 0 Å². The molecule has 1 aromatic carbocycles. The molecule has 1 aromatic rings. The SMILES string of the molecule is CCC(CC)(CN)NS(=O)(=O)c1ccc(OC(C)C)cc1.Cl. The number of hydrogen-bond acceptors (Lipinski definition) is 4. The second-order valence-corrected chi connectivity index (χ2v) is 7.12. The third-order valence-corrected chi connectivity index (χ3v) is 5.20. The van der Waals surface area contributed by atoms with Crippen LogP contribution in [-0.2, 0) is 10.0 Å². The van der Waals surface area contributed by atoms with Crippen molar-refractivity contribution in [3.8, 4) is 5.75 Å². The first kappa shape index (κ1) is 21.2. The number of ether oxygens (including phenoxy) is 1. The Labute approximate surface area is 140 Å². The molecule has 0 spiro atoms. The summed E-state index contributed by atoms with van der Waals surface area (Å²) >= 11 is 0. The lowest BCUT2D eigenvalue weighted by atomic mass is 9.95. The van der Waals surface area contributed by atoms with Crippen molar-refractivity contribution >= 4 is 22.4 Å². The molecule has 22 heavy (non-hydrogen) atoms. The number of nitrogens with one attached hydrogen (secondary N) is 1. The van der Waals surface area contributed by atoms with Crippen LogP contribution in [0.25, 0.3) is 0 Å². The highest BCUT2D eigenvalue weighted by atomic mass is 35.5. The van der Waals surface area contributed by atoms with Crippen LogP contribution in [0.5, 0.6) is 5.75 Å². The van der Waals surface area contributed by atoms with E-state index in [0.717, 1.165) is 0 Å². The Bertz CT molecular complexity index is 532. The van der Waals surface area contributed by atoms with Gasteiger partial charge in [0.15, 0.2) is 0 Å². The molecule has 0 atom stereocenters. The van der Waals surface area contributed by atoms with E-state index in [2.05, 4.69) is 4.72 Å². The lowest BCUT2D eigenvalue weighted by molar-refractivity contribution is 0.242. The van der Waals surface area contributed by atoms with Gasteiger partial charge in [0.25, 0.3) is 0 Å². The topological polar surface area (TPSA) is 81.4 Å². The Balaban J connectivity index is 0.00000441. The van der Waals surface area contributed by atoms with Gasteiger partial charge in [-0.1, -0.05) is 13.8 Å². The molecule has 0 aromatic heterocycles. The first-order chi connectivity index (χ1) is 9.78. The van der Waals surface area contributed by atoms with Crippen molar-refractivity contribution < 1.29 is 13.2 Å². The van der Waals surface area contributed by atoms with E-state index in [9.17, 15) is 8.42 Å². The van der Waals surface area contributed by atoms with Gasteiger partial charge in [0, 0.05) is 12.1 Å². The highest BCUT2D eigenvalue weighted by Crippen LogP contribution is 2.21. The monoisotopic (exact) mass is 350 g/mol. The van der Waals surface area contributed by atoms with E-state index >= 15 is 0 Å². The van der Waals surface area contributed by atoms with Gasteiger partial charge in [0.05, 0.1) is 11.0 Å². The first-order valence-electron chi connectivity index (χ1n) is 7.29. The second kappa shape index (κ2) is 8.72. The average Bonchev–Trinajstić information content (AvgIpc) is 2.45. The fraction of sp³-hybridized carbons (Fsp3) is 0.600. The highest BCUT2D eigenvalue weighted by Gasteiger charge is 2.30. The lowest BCUT2D eigenvalue weighted by Crippen LogP contribution is -2.52. The van der Waals surface area contributed by atoms with Crippen molar-refractivity contribution in [3.05, 3.63) is 24.3 Å². The van der Waals surface area contributed by atoms with Gasteiger partial charge in [-0.2, -0.15) is 0 Å². The minimum atomic E-state index is -3.59. The number of nitrogens with two attached hydrogens (primary N) is 1. The number of hydrogen-bond donors (Lipinski definition) is 2. The maximum absolute atomic E-state index is 12.5. The molecular formula is C15H27ClN2O3S. The van der Waals surface area contributed by atoms with Crippen molar-refractivity contribution in [2.45, 2.75) is 57.1 Å². The minimum absolute atomic E-state index is 0. The summed E-state index contributed by atoms with van der Waals surface area (Å²) < 4.78 is 33.2. The average molecular weight is 351 g/mol. The van der Waals surface area contributed by atoms with Crippen molar-refractivity contribution in [3.63, 3.8) is 0 Å². The van der Waals surface area contributed by atoms with Crippen molar-refractivity contribution in [2.75, 3.05) is 6.54 Å². The van der Waals surface area contributed by atoms with Crippen LogP contribution in [0.15, 0.2) is 29.2 Å². The van der Waals surface area contributed by atoms with E-state index in [-0.39, 0.29) is 30.0 Å². The summed E-state index contributed by atoms with van der Waals surface area (Å²) in [6.45, 7) is 7.97. The van der Waals surface area contributed by atoms with Crippen LogP contribution < -0.4 is 15.2 Å². The molecule has 0 heterocycles. The molecule has 0 amide bonds. The van der Waals surface area contributed by atoms with Crippen LogP contribution in [0.2, 0.25) is 0 Å². The van der Waals surface area contributed by atoms with Gasteiger partial charge in [-0.05, 0) is 51.0 Å². The molecule has 0 unspecified atom stereocenters. The Morgan fingerprint density at radius 1 is 1.18 bits per heavy atom. The molecule has 0 fully saturated rings. The lowest BCUT2D eigenvalue weighted by Gasteiger charge is -2.31. The molecule has 0 saturated carbocycles. The molecule has 5 nitrogen and oxygen atoms in total. The van der Waals surface area contributed by atoms with E-state index in [4.69, 9.17) is 10.5 Å². The van der Waals surface area contributed by atoms with Crippen LogP contribution in [0.4, 0.5) is 0 Å². The Morgan fingerprint density at radius 3 is 2.05 bits per heavy atom. The summed E-state index contributed by atoms with van der Waals surface area (Å²) in [5.74, 6) is 0.653. The molecule has 0 aliphatic rings. The Hall–Kier alpha value is -0.820. The van der Waals surface area contributed by atoms with Gasteiger partial charge in [-0.15, -0.1) is 12.4 Å². The summed E-state index contributed by atoms with van der Waals surface area (Å²) in [6, 6.07) is 6.42. The third kappa shape index (κ3) is 5.43. The molecule has 0 aliphatic carbocycles. The van der Waals surface area contributed by atoms with E-state index in [0.29, 0.717) is 18.6 Å². The predicted octanol–water partition coefficient (Wildman–Crippen LogP) is 2.69. The molecule has 7 heteroatoms. The summed E-state index contributed by atoms with van der Waals surface area (Å²) in [6.07, 6.45) is 1.34. The van der Waals surface area contributed by atoms with Gasteiger partial charge in [0.2, 0.25) is 10.0 Å². The molecular weight excluding hydrogens is 324 g/mol. The summed E-state index contributed by atoms with van der Waals surface area (Å²) in [7, 11) is -3.59. The molecule has 128 valence electrons. The summed E-state index contributed by atoms with van der Waals surface area (Å²) in [5.41, 5.74) is 5.15. The van der Waals surface area contributed by atoms with E-state index in [1.54, 1.807) is 24.3 Å². The Kier molecular flexibility index (Phi) is 8.39. The van der Waals surface area contributed by atoms with Crippen molar-refractivity contribution in [2.24, 2.45) is 5.73 Å². The third-order valence-electron chi connectivity index (χ3n) is 3.60. The van der Waals surface area contributed by atoms with Gasteiger partial charge in [0.1, 0.15) is 5.75 Å². The minimum Gasteiger partial charge on any atom is -0.491 e. The van der Waals surface area contributed by atoms with Gasteiger partial charge < -0.3 is 10.5 Å². The molecule has 1 rings (SSSR count). The van der Waals surface area contributed by atoms with Crippen LogP contribution in [-0.4, -0.2) is 26.6 Å². The number of rotatable bonds is 8. The predicted molar refractivity (Wildman–Crippen MR) is 92.1 cm³/mol. The quantitative estimate of drug-likeness (QED) is 0.755. The van der Waals surface area contributed by atoms with Crippen LogP contribution >= 0.6 is 12.4 Å². The highest BCUT2D eigenvalue weighted by molar-refractivity contribution is 7.89. The molecule has 0 aliphatic heterocycles. The second-order valence-electron chi connectivity index (χ2n) is 5.44. The zero-order chi connectivity index (χ0) is 16.1. The summed E-state index contributed by atoms with van der Waals surface area (Å²) in [4.78, 5) is 0.221. The maximum atomic E-state index is 12.5. The van der Waals surface area contributed by atoms with Gasteiger partial charge >= 0.3 is 0 Å². The zero-order valence-electron chi connectivity index (χ0n) is 13.6. The molecule has 0 radical (unpaired) electrons. The van der Waals surface area contributed by atoms with E-state index < -0.39 is 15.6 Å². The van der Waals surface area contributed by atoms with Crippen molar-refractivity contribution in [1.29, 1.82) is 0 Å². The van der Waals surface area contributed by atoms with Crippen molar-refractivity contribution in [1.82, 2.24) is 4.72 Å². The van der Waals surface area contributed by atoms with Crippen LogP contribution in [0.1, 0.15) is 40.5 Å². The van der Waals surface area contributed by atoms with Gasteiger partial charge in [-0.25, -0.2) is 13.1 Å². The number of sulfonamides is 1. The normalized spacial score (nSPS) is 12.1. The first-order valence-corrected chi connectivity index (χ1v) is 8.77. The fourth-order valence-corrected chi connectivity index (χ4v) is 3.59. The maximum Gasteiger partial charge on any atom is 0.241 e. The van der Waals surface area contributed by atoms with Crippen LogP contribution in [0.3, 0.4) is 0 Å². The number of halogens is 1. The molecule has 0 bridgehead atoms. The largest absolute Gasteiger partial charge is 0.491 e. The van der Waals surface area contributed by atoms with Gasteiger partial charge in [-0.3, -0.25) is 0 Å². The number of benzene rings is 1.